The average Bonchev–Trinajstić information content (AvgIpc) is 2.58. The van der Waals surface area contributed by atoms with Gasteiger partial charge in [0, 0.05) is 11.8 Å². The number of aryl methyl sites for hydroxylation is 1. The number of nitrogen functional groups attached to an aromatic ring is 1. The number of aromatic nitrogens is 2. The van der Waals surface area contributed by atoms with Crippen LogP contribution in [-0.2, 0) is 0 Å². The van der Waals surface area contributed by atoms with Crippen LogP contribution < -0.4 is 5.73 Å². The maximum absolute atomic E-state index is 5.66. The molecule has 16 heavy (non-hydrogen) atoms. The van der Waals surface area contributed by atoms with Gasteiger partial charge in [-0.25, -0.2) is 4.68 Å². The summed E-state index contributed by atoms with van der Waals surface area (Å²) in [6.45, 7) is 6.37. The van der Waals surface area contributed by atoms with E-state index in [0.29, 0.717) is 11.7 Å². The van der Waals surface area contributed by atoms with Crippen molar-refractivity contribution in [1.29, 1.82) is 0 Å². The van der Waals surface area contributed by atoms with Crippen LogP contribution in [0.2, 0.25) is 0 Å². The van der Waals surface area contributed by atoms with Crippen LogP contribution >= 0.6 is 0 Å². The second-order valence-electron chi connectivity index (χ2n) is 4.37. The summed E-state index contributed by atoms with van der Waals surface area (Å²) < 4.78 is 1.86. The Kier molecular flexibility index (Phi) is 2.69. The molecular weight excluding hydrogens is 198 g/mol. The first-order valence-electron chi connectivity index (χ1n) is 5.50. The molecule has 0 amide bonds. The topological polar surface area (TPSA) is 43.8 Å². The Balaban J connectivity index is 2.38. The minimum Gasteiger partial charge on any atom is -0.382 e. The van der Waals surface area contributed by atoms with Crippen molar-refractivity contribution >= 4 is 5.82 Å². The van der Waals surface area contributed by atoms with Crippen molar-refractivity contribution in [1.82, 2.24) is 9.78 Å². The van der Waals surface area contributed by atoms with Crippen LogP contribution in [0.5, 0.6) is 0 Å². The first-order valence-corrected chi connectivity index (χ1v) is 5.50. The maximum atomic E-state index is 5.66. The van der Waals surface area contributed by atoms with Crippen molar-refractivity contribution in [3.8, 4) is 5.69 Å². The maximum Gasteiger partial charge on any atom is 0.146 e. The lowest BCUT2D eigenvalue weighted by Crippen LogP contribution is -2.00. The van der Waals surface area contributed by atoms with Crippen LogP contribution in [-0.4, -0.2) is 9.78 Å². The molecule has 0 aliphatic carbocycles. The zero-order valence-corrected chi connectivity index (χ0v) is 9.94. The monoisotopic (exact) mass is 215 g/mol. The smallest absolute Gasteiger partial charge is 0.146 e. The molecule has 0 saturated heterocycles. The van der Waals surface area contributed by atoms with Crippen LogP contribution in [0.25, 0.3) is 5.69 Å². The van der Waals surface area contributed by atoms with Gasteiger partial charge in [0.05, 0.1) is 5.69 Å². The quantitative estimate of drug-likeness (QED) is 0.837. The Morgan fingerprint density at radius 3 is 2.25 bits per heavy atom. The Morgan fingerprint density at radius 1 is 1.19 bits per heavy atom. The van der Waals surface area contributed by atoms with Crippen molar-refractivity contribution in [2.75, 3.05) is 5.73 Å². The molecule has 1 aromatic heterocycles. The summed E-state index contributed by atoms with van der Waals surface area (Å²) in [7, 11) is 0. The van der Waals surface area contributed by atoms with Crippen molar-refractivity contribution < 1.29 is 0 Å². The standard InChI is InChI=1S/C13H17N3/c1-9(2)11-4-6-12(7-5-11)16-10(3)8-13(14)15-16/h4-9H,1-3H3,(H2,14,15). The fourth-order valence-corrected chi connectivity index (χ4v) is 1.76. The molecule has 2 aromatic rings. The van der Waals surface area contributed by atoms with Crippen LogP contribution in [0.3, 0.4) is 0 Å². The number of hydrogen-bond donors (Lipinski definition) is 1. The lowest BCUT2D eigenvalue weighted by Gasteiger charge is -2.08. The number of anilines is 1. The van der Waals surface area contributed by atoms with Crippen molar-refractivity contribution in [3.05, 3.63) is 41.6 Å². The predicted molar refractivity (Wildman–Crippen MR) is 66.8 cm³/mol. The zero-order chi connectivity index (χ0) is 11.7. The highest BCUT2D eigenvalue weighted by Crippen LogP contribution is 2.18. The molecule has 0 bridgehead atoms. The molecule has 2 rings (SSSR count). The van der Waals surface area contributed by atoms with Crippen molar-refractivity contribution in [2.24, 2.45) is 0 Å². The van der Waals surface area contributed by atoms with Crippen LogP contribution in [0.4, 0.5) is 5.82 Å². The molecule has 0 aliphatic heterocycles. The lowest BCUT2D eigenvalue weighted by atomic mass is 10.0. The van der Waals surface area contributed by atoms with Crippen LogP contribution in [0.1, 0.15) is 31.0 Å². The first kappa shape index (κ1) is 10.7. The molecule has 84 valence electrons. The highest BCUT2D eigenvalue weighted by atomic mass is 15.3. The van der Waals surface area contributed by atoms with E-state index in [-0.39, 0.29) is 0 Å². The average molecular weight is 215 g/mol. The Bertz CT molecular complexity index is 480. The lowest BCUT2D eigenvalue weighted by molar-refractivity contribution is 0.839. The van der Waals surface area contributed by atoms with E-state index in [1.54, 1.807) is 0 Å². The van der Waals surface area contributed by atoms with E-state index in [9.17, 15) is 0 Å². The van der Waals surface area contributed by atoms with Gasteiger partial charge >= 0.3 is 0 Å². The van der Waals surface area contributed by atoms with E-state index >= 15 is 0 Å². The van der Waals surface area contributed by atoms with Gasteiger partial charge in [0.25, 0.3) is 0 Å². The largest absolute Gasteiger partial charge is 0.382 e. The SMILES string of the molecule is Cc1cc(N)nn1-c1ccc(C(C)C)cc1. The van der Waals surface area contributed by atoms with Gasteiger partial charge in [-0.15, -0.1) is 0 Å². The van der Waals surface area contributed by atoms with Crippen molar-refractivity contribution in [2.45, 2.75) is 26.7 Å². The predicted octanol–water partition coefficient (Wildman–Crippen LogP) is 2.89. The van der Waals surface area contributed by atoms with Gasteiger partial charge in [-0.05, 0) is 30.5 Å². The number of rotatable bonds is 2. The first-order chi connectivity index (χ1) is 7.58. The number of benzene rings is 1. The summed E-state index contributed by atoms with van der Waals surface area (Å²) in [5.41, 5.74) is 9.10. The minimum atomic E-state index is 0.554. The highest BCUT2D eigenvalue weighted by Gasteiger charge is 2.04. The number of nitrogens with two attached hydrogens (primary N) is 1. The third kappa shape index (κ3) is 1.94. The van der Waals surface area contributed by atoms with Gasteiger partial charge in [0.2, 0.25) is 0 Å². The summed E-state index contributed by atoms with van der Waals surface area (Å²) in [5.74, 6) is 1.11. The Morgan fingerprint density at radius 2 is 1.81 bits per heavy atom. The highest BCUT2D eigenvalue weighted by molar-refractivity contribution is 5.40. The third-order valence-corrected chi connectivity index (χ3v) is 2.71. The second-order valence-corrected chi connectivity index (χ2v) is 4.37. The molecular formula is C13H17N3. The molecule has 3 nitrogen and oxygen atoms in total. The molecule has 0 unspecified atom stereocenters. The van der Waals surface area contributed by atoms with E-state index in [1.807, 2.05) is 17.7 Å². The van der Waals surface area contributed by atoms with E-state index in [2.05, 4.69) is 43.2 Å². The van der Waals surface area contributed by atoms with Gasteiger partial charge < -0.3 is 5.73 Å². The number of nitrogens with zero attached hydrogens (tertiary/aromatic N) is 2. The molecule has 1 heterocycles. The summed E-state index contributed by atoms with van der Waals surface area (Å²) in [6.07, 6.45) is 0. The molecule has 1 aromatic carbocycles. The van der Waals surface area contributed by atoms with Crippen LogP contribution in [0, 0.1) is 6.92 Å². The molecule has 0 fully saturated rings. The zero-order valence-electron chi connectivity index (χ0n) is 9.94. The molecule has 0 aliphatic rings. The Hall–Kier alpha value is -1.77. The van der Waals surface area contributed by atoms with Gasteiger partial charge in [-0.2, -0.15) is 5.10 Å². The van der Waals surface area contributed by atoms with Crippen molar-refractivity contribution in [3.63, 3.8) is 0 Å². The Labute approximate surface area is 95.9 Å². The molecule has 2 N–H and O–H groups in total. The van der Waals surface area contributed by atoms with Gasteiger partial charge in [0.15, 0.2) is 0 Å². The second kappa shape index (κ2) is 4.00. The van der Waals surface area contributed by atoms with E-state index < -0.39 is 0 Å². The fourth-order valence-electron chi connectivity index (χ4n) is 1.76. The molecule has 0 spiro atoms. The van der Waals surface area contributed by atoms with Crippen LogP contribution in [0.15, 0.2) is 30.3 Å². The van der Waals surface area contributed by atoms with E-state index in [0.717, 1.165) is 11.4 Å². The van der Waals surface area contributed by atoms with E-state index in [1.165, 1.54) is 5.56 Å². The molecule has 3 heteroatoms. The summed E-state index contributed by atoms with van der Waals surface area (Å²) in [6, 6.07) is 10.3. The fraction of sp³-hybridized carbons (Fsp3) is 0.308. The third-order valence-electron chi connectivity index (χ3n) is 2.71. The summed E-state index contributed by atoms with van der Waals surface area (Å²) in [5, 5.41) is 4.25. The van der Waals surface area contributed by atoms with Gasteiger partial charge in [0.1, 0.15) is 5.82 Å². The molecule has 0 atom stereocenters. The van der Waals surface area contributed by atoms with E-state index in [4.69, 9.17) is 5.73 Å². The molecule has 0 saturated carbocycles. The summed E-state index contributed by atoms with van der Waals surface area (Å²) >= 11 is 0. The molecule has 0 radical (unpaired) electrons. The van der Waals surface area contributed by atoms with Gasteiger partial charge in [-0.3, -0.25) is 0 Å². The normalized spacial score (nSPS) is 11.0. The number of hydrogen-bond acceptors (Lipinski definition) is 2. The minimum absolute atomic E-state index is 0.554. The summed E-state index contributed by atoms with van der Waals surface area (Å²) in [4.78, 5) is 0. The van der Waals surface area contributed by atoms with Gasteiger partial charge in [-0.1, -0.05) is 26.0 Å².